The summed E-state index contributed by atoms with van der Waals surface area (Å²) >= 11 is 0. The zero-order valence-corrected chi connectivity index (χ0v) is 9.65. The Kier molecular flexibility index (Phi) is 9.86. The largest absolute Gasteiger partial charge is 0.0776 e. The van der Waals surface area contributed by atoms with Gasteiger partial charge in [-0.3, -0.25) is 0 Å². The van der Waals surface area contributed by atoms with E-state index in [9.17, 15) is 0 Å². The third-order valence-electron chi connectivity index (χ3n) is 2.01. The van der Waals surface area contributed by atoms with Crippen molar-refractivity contribution in [2.75, 3.05) is 0 Å². The first-order valence-electron chi connectivity index (χ1n) is 5.35. The molecule has 0 unspecified atom stereocenters. The third-order valence-corrected chi connectivity index (χ3v) is 2.01. The highest BCUT2D eigenvalue weighted by atomic mass is 14.0. The van der Waals surface area contributed by atoms with Gasteiger partial charge in [-0.25, -0.2) is 0 Å². The summed E-state index contributed by atoms with van der Waals surface area (Å²) in [6.07, 6.45) is 2.30. The molecule has 0 saturated carbocycles. The SMILES string of the molecule is C.CC.CCc1cc(C)cc(CC)c1. The molecule has 0 spiro atoms. The average molecular weight is 194 g/mol. The lowest BCUT2D eigenvalue weighted by molar-refractivity contribution is 1.08. The van der Waals surface area contributed by atoms with E-state index in [-0.39, 0.29) is 7.43 Å². The summed E-state index contributed by atoms with van der Waals surface area (Å²) in [5.41, 5.74) is 4.31. The summed E-state index contributed by atoms with van der Waals surface area (Å²) < 4.78 is 0. The predicted octanol–water partition coefficient (Wildman–Crippen LogP) is 4.78. The van der Waals surface area contributed by atoms with E-state index in [1.807, 2.05) is 13.8 Å². The minimum absolute atomic E-state index is 0. The van der Waals surface area contributed by atoms with Crippen molar-refractivity contribution >= 4 is 0 Å². The molecule has 0 bridgehead atoms. The van der Waals surface area contributed by atoms with E-state index in [0.717, 1.165) is 12.8 Å². The molecule has 1 aromatic carbocycles. The highest BCUT2D eigenvalue weighted by Crippen LogP contribution is 2.10. The quantitative estimate of drug-likeness (QED) is 0.635. The van der Waals surface area contributed by atoms with E-state index in [4.69, 9.17) is 0 Å². The lowest BCUT2D eigenvalue weighted by Crippen LogP contribution is -1.87. The van der Waals surface area contributed by atoms with Gasteiger partial charge in [-0.2, -0.15) is 0 Å². The Morgan fingerprint density at radius 1 is 0.857 bits per heavy atom. The van der Waals surface area contributed by atoms with E-state index in [1.54, 1.807) is 0 Å². The first kappa shape index (κ1) is 15.7. The van der Waals surface area contributed by atoms with Gasteiger partial charge in [0, 0.05) is 0 Å². The molecule has 0 fully saturated rings. The van der Waals surface area contributed by atoms with Gasteiger partial charge in [0.1, 0.15) is 0 Å². The maximum Gasteiger partial charge on any atom is -0.0307 e. The van der Waals surface area contributed by atoms with Crippen molar-refractivity contribution in [1.82, 2.24) is 0 Å². The molecule has 0 aliphatic rings. The van der Waals surface area contributed by atoms with Crippen molar-refractivity contribution in [3.05, 3.63) is 34.9 Å². The van der Waals surface area contributed by atoms with E-state index in [1.165, 1.54) is 16.7 Å². The first-order valence-corrected chi connectivity index (χ1v) is 5.35. The molecule has 1 aromatic rings. The smallest absolute Gasteiger partial charge is 0.0307 e. The highest BCUT2D eigenvalue weighted by Gasteiger charge is 1.94. The second-order valence-electron chi connectivity index (χ2n) is 3.03. The van der Waals surface area contributed by atoms with E-state index in [0.29, 0.717) is 0 Å². The summed E-state index contributed by atoms with van der Waals surface area (Å²) in [6, 6.07) is 6.82. The van der Waals surface area contributed by atoms with Crippen LogP contribution in [-0.4, -0.2) is 0 Å². The zero-order chi connectivity index (χ0) is 10.3. The van der Waals surface area contributed by atoms with Crippen LogP contribution in [0.4, 0.5) is 0 Å². The van der Waals surface area contributed by atoms with Gasteiger partial charge in [0.25, 0.3) is 0 Å². The molecule has 82 valence electrons. The van der Waals surface area contributed by atoms with Crippen molar-refractivity contribution in [2.24, 2.45) is 0 Å². The number of aryl methyl sites for hydroxylation is 3. The summed E-state index contributed by atoms with van der Waals surface area (Å²) in [7, 11) is 0. The topological polar surface area (TPSA) is 0 Å². The Hall–Kier alpha value is -0.780. The van der Waals surface area contributed by atoms with Crippen molar-refractivity contribution in [3.63, 3.8) is 0 Å². The van der Waals surface area contributed by atoms with Gasteiger partial charge in [0.05, 0.1) is 0 Å². The molecule has 0 radical (unpaired) electrons. The van der Waals surface area contributed by atoms with Crippen LogP contribution in [0.1, 0.15) is 51.8 Å². The molecule has 0 amide bonds. The van der Waals surface area contributed by atoms with Crippen LogP contribution in [0.5, 0.6) is 0 Å². The maximum atomic E-state index is 2.30. The molecule has 14 heavy (non-hydrogen) atoms. The van der Waals surface area contributed by atoms with Gasteiger partial charge in [-0.05, 0) is 30.9 Å². The lowest BCUT2D eigenvalue weighted by atomic mass is 10.0. The van der Waals surface area contributed by atoms with Crippen LogP contribution >= 0.6 is 0 Å². The molecule has 0 aliphatic carbocycles. The second kappa shape index (κ2) is 8.80. The molecule has 0 aliphatic heterocycles. The van der Waals surface area contributed by atoms with Crippen molar-refractivity contribution in [2.45, 2.75) is 54.9 Å². The Bertz CT molecular complexity index is 214. The molecule has 0 atom stereocenters. The normalized spacial score (nSPS) is 8.36. The number of hydrogen-bond donors (Lipinski definition) is 0. The molecule has 0 heterocycles. The molecule has 1 rings (SSSR count). The Balaban J connectivity index is 0. The van der Waals surface area contributed by atoms with Crippen LogP contribution < -0.4 is 0 Å². The minimum Gasteiger partial charge on any atom is -0.0776 e. The molecule has 0 nitrogen and oxygen atoms in total. The van der Waals surface area contributed by atoms with E-state index in [2.05, 4.69) is 39.0 Å². The predicted molar refractivity (Wildman–Crippen MR) is 68.0 cm³/mol. The number of benzene rings is 1. The van der Waals surface area contributed by atoms with Gasteiger partial charge in [0.15, 0.2) is 0 Å². The van der Waals surface area contributed by atoms with Crippen molar-refractivity contribution in [1.29, 1.82) is 0 Å². The first-order chi connectivity index (χ1) is 6.26. The summed E-state index contributed by atoms with van der Waals surface area (Å²) in [5, 5.41) is 0. The zero-order valence-electron chi connectivity index (χ0n) is 9.65. The van der Waals surface area contributed by atoms with Crippen LogP contribution in [0, 0.1) is 6.92 Å². The molecular weight excluding hydrogens is 168 g/mol. The summed E-state index contributed by atoms with van der Waals surface area (Å²) in [6.45, 7) is 10.6. The summed E-state index contributed by atoms with van der Waals surface area (Å²) in [5.74, 6) is 0. The van der Waals surface area contributed by atoms with Crippen LogP contribution in [0.2, 0.25) is 0 Å². The van der Waals surface area contributed by atoms with E-state index < -0.39 is 0 Å². The van der Waals surface area contributed by atoms with Gasteiger partial charge in [-0.15, -0.1) is 0 Å². The van der Waals surface area contributed by atoms with Crippen molar-refractivity contribution < 1.29 is 0 Å². The standard InChI is InChI=1S/C11H16.C2H6.CH4/c1-4-10-6-9(3)7-11(5-2)8-10;1-2;/h6-8H,4-5H2,1-3H3;1-2H3;1H4. The van der Waals surface area contributed by atoms with Crippen molar-refractivity contribution in [3.8, 4) is 0 Å². The van der Waals surface area contributed by atoms with Gasteiger partial charge >= 0.3 is 0 Å². The highest BCUT2D eigenvalue weighted by molar-refractivity contribution is 5.29. The average Bonchev–Trinajstić information content (AvgIpc) is 2.20. The maximum absolute atomic E-state index is 2.30. The van der Waals surface area contributed by atoms with E-state index >= 15 is 0 Å². The van der Waals surface area contributed by atoms with Gasteiger partial charge in [-0.1, -0.05) is 58.9 Å². The number of rotatable bonds is 2. The lowest BCUT2D eigenvalue weighted by Gasteiger charge is -2.02. The molecular formula is C14H26. The van der Waals surface area contributed by atoms with Gasteiger partial charge < -0.3 is 0 Å². The van der Waals surface area contributed by atoms with Crippen LogP contribution in [-0.2, 0) is 12.8 Å². The second-order valence-corrected chi connectivity index (χ2v) is 3.03. The fraction of sp³-hybridized carbons (Fsp3) is 0.571. The Labute approximate surface area is 90.4 Å². The fourth-order valence-electron chi connectivity index (χ4n) is 1.36. The van der Waals surface area contributed by atoms with Crippen LogP contribution in [0.15, 0.2) is 18.2 Å². The molecule has 0 heteroatoms. The minimum atomic E-state index is 0. The van der Waals surface area contributed by atoms with Crippen LogP contribution in [0.3, 0.4) is 0 Å². The van der Waals surface area contributed by atoms with Crippen LogP contribution in [0.25, 0.3) is 0 Å². The monoisotopic (exact) mass is 194 g/mol. The fourth-order valence-corrected chi connectivity index (χ4v) is 1.36. The molecule has 0 aromatic heterocycles. The summed E-state index contributed by atoms with van der Waals surface area (Å²) in [4.78, 5) is 0. The van der Waals surface area contributed by atoms with Gasteiger partial charge in [0.2, 0.25) is 0 Å². The molecule has 0 saturated heterocycles. The number of hydrogen-bond acceptors (Lipinski definition) is 0. The Morgan fingerprint density at radius 3 is 1.50 bits per heavy atom. The Morgan fingerprint density at radius 2 is 1.21 bits per heavy atom. The molecule has 0 N–H and O–H groups in total. The third kappa shape index (κ3) is 5.06.